The van der Waals surface area contributed by atoms with Crippen LogP contribution in [0.25, 0.3) is 0 Å². The third-order valence-electron chi connectivity index (χ3n) is 1.79. The monoisotopic (exact) mass is 222 g/mol. The molecule has 1 aromatic rings. The summed E-state index contributed by atoms with van der Waals surface area (Å²) < 4.78 is 0. The molecule has 2 N–H and O–H groups in total. The molecule has 1 aromatic carbocycles. The van der Waals surface area contributed by atoms with Crippen molar-refractivity contribution in [3.8, 4) is 0 Å². The third kappa shape index (κ3) is 3.57. The zero-order chi connectivity index (χ0) is 12.7. The van der Waals surface area contributed by atoms with Crippen molar-refractivity contribution in [2.45, 2.75) is 13.8 Å². The Morgan fingerprint density at radius 2 is 1.50 bits per heavy atom. The normalized spacial score (nSPS) is 8.62. The number of hydrogen-bond acceptors (Lipinski definition) is 2. The maximum absolute atomic E-state index is 10.6. The van der Waals surface area contributed by atoms with Gasteiger partial charge in [0.05, 0.1) is 11.1 Å². The molecule has 0 saturated heterocycles. The van der Waals surface area contributed by atoms with Gasteiger partial charge in [-0.15, -0.1) is 6.58 Å². The molecule has 0 aromatic heterocycles. The molecule has 0 saturated carbocycles. The maximum atomic E-state index is 10.6. The van der Waals surface area contributed by atoms with Crippen molar-refractivity contribution >= 4 is 11.9 Å². The summed E-state index contributed by atoms with van der Waals surface area (Å²) in [6.45, 7) is 6.73. The van der Waals surface area contributed by atoms with Crippen LogP contribution in [0.2, 0.25) is 0 Å². The van der Waals surface area contributed by atoms with Gasteiger partial charge in [-0.1, -0.05) is 12.1 Å². The van der Waals surface area contributed by atoms with E-state index in [0.29, 0.717) is 0 Å². The minimum atomic E-state index is -1.11. The Morgan fingerprint density at radius 3 is 1.75 bits per heavy atom. The molecule has 0 radical (unpaired) electrons. The molecule has 0 spiro atoms. The van der Waals surface area contributed by atoms with Crippen LogP contribution >= 0.6 is 0 Å². The number of carboxylic acids is 2. The largest absolute Gasteiger partial charge is 0.478 e. The number of carboxylic acid groups (broad SMARTS) is 2. The first kappa shape index (κ1) is 13.9. The van der Waals surface area contributed by atoms with Crippen LogP contribution < -0.4 is 0 Å². The van der Waals surface area contributed by atoms with Gasteiger partial charge in [0.15, 0.2) is 0 Å². The molecule has 86 valence electrons. The molecule has 0 aliphatic rings. The lowest BCUT2D eigenvalue weighted by molar-refractivity contribution is 0.0696. The highest BCUT2D eigenvalue weighted by Crippen LogP contribution is 2.13. The summed E-state index contributed by atoms with van der Waals surface area (Å²) in [4.78, 5) is 21.2. The fraction of sp³-hybridized carbons (Fsp3) is 0.167. The van der Waals surface area contributed by atoms with Crippen LogP contribution in [0.15, 0.2) is 30.9 Å². The van der Waals surface area contributed by atoms with Crippen LogP contribution in [-0.4, -0.2) is 22.2 Å². The van der Waals surface area contributed by atoms with E-state index in [1.807, 2.05) is 6.92 Å². The Balaban J connectivity index is 0.000000673. The summed E-state index contributed by atoms with van der Waals surface area (Å²) in [5.41, 5.74) is 0.335. The second-order valence-corrected chi connectivity index (χ2v) is 3.00. The quantitative estimate of drug-likeness (QED) is 0.754. The number of aromatic carboxylic acids is 2. The average molecular weight is 222 g/mol. The second kappa shape index (κ2) is 6.40. The van der Waals surface area contributed by atoms with Gasteiger partial charge in [0, 0.05) is 0 Å². The van der Waals surface area contributed by atoms with Gasteiger partial charge >= 0.3 is 11.9 Å². The molecular weight excluding hydrogens is 208 g/mol. The average Bonchev–Trinajstić information content (AvgIpc) is 2.18. The summed E-state index contributed by atoms with van der Waals surface area (Å²) in [5.74, 6) is -2.22. The first-order valence-corrected chi connectivity index (χ1v) is 4.59. The molecule has 1 rings (SSSR count). The minimum Gasteiger partial charge on any atom is -0.478 e. The van der Waals surface area contributed by atoms with E-state index < -0.39 is 11.9 Å². The highest BCUT2D eigenvalue weighted by molar-refractivity contribution is 5.96. The lowest BCUT2D eigenvalue weighted by Crippen LogP contribution is -2.06. The van der Waals surface area contributed by atoms with Crippen molar-refractivity contribution in [2.75, 3.05) is 0 Å². The van der Waals surface area contributed by atoms with Crippen LogP contribution in [-0.2, 0) is 0 Å². The molecule has 0 amide bonds. The van der Waals surface area contributed by atoms with E-state index in [9.17, 15) is 9.59 Å². The summed E-state index contributed by atoms with van der Waals surface area (Å²) in [7, 11) is 0. The van der Waals surface area contributed by atoms with Crippen molar-refractivity contribution in [3.63, 3.8) is 0 Å². The molecule has 0 bridgehead atoms. The standard InChI is InChI=1S/C9H8O4.C3H6/c1-5-6(8(10)11)3-2-4-7(5)9(12)13;1-3-2/h2-4H,1H3,(H,10,11)(H,12,13);3H,1H2,2H3. The first-order chi connectivity index (χ1) is 7.45. The summed E-state index contributed by atoms with van der Waals surface area (Å²) in [5, 5.41) is 17.4. The predicted octanol–water partition coefficient (Wildman–Crippen LogP) is 2.58. The zero-order valence-electron chi connectivity index (χ0n) is 9.23. The SMILES string of the molecule is C=CC.Cc1c(C(=O)O)cccc1C(=O)O. The van der Waals surface area contributed by atoms with Crippen LogP contribution in [0.1, 0.15) is 33.2 Å². The number of allylic oxidation sites excluding steroid dienone is 1. The van der Waals surface area contributed by atoms with E-state index in [0.717, 1.165) is 0 Å². The minimum absolute atomic E-state index is 0.0277. The van der Waals surface area contributed by atoms with Crippen molar-refractivity contribution in [2.24, 2.45) is 0 Å². The van der Waals surface area contributed by atoms with E-state index in [1.165, 1.54) is 25.1 Å². The summed E-state index contributed by atoms with van der Waals surface area (Å²) in [6.07, 6.45) is 1.75. The van der Waals surface area contributed by atoms with Gasteiger partial charge in [-0.2, -0.15) is 0 Å². The van der Waals surface area contributed by atoms with Crippen molar-refractivity contribution in [3.05, 3.63) is 47.5 Å². The van der Waals surface area contributed by atoms with E-state index in [-0.39, 0.29) is 16.7 Å². The van der Waals surface area contributed by atoms with Crippen LogP contribution in [0.5, 0.6) is 0 Å². The van der Waals surface area contributed by atoms with E-state index in [1.54, 1.807) is 6.08 Å². The molecule has 0 heterocycles. The summed E-state index contributed by atoms with van der Waals surface area (Å²) in [6, 6.07) is 4.17. The van der Waals surface area contributed by atoms with Gasteiger partial charge in [0.1, 0.15) is 0 Å². The van der Waals surface area contributed by atoms with Crippen LogP contribution in [0, 0.1) is 6.92 Å². The summed E-state index contributed by atoms with van der Waals surface area (Å²) >= 11 is 0. The van der Waals surface area contributed by atoms with Crippen LogP contribution in [0.4, 0.5) is 0 Å². The highest BCUT2D eigenvalue weighted by Gasteiger charge is 2.13. The van der Waals surface area contributed by atoms with Crippen LogP contribution in [0.3, 0.4) is 0 Å². The molecule has 0 fully saturated rings. The van der Waals surface area contributed by atoms with Gasteiger partial charge in [0.2, 0.25) is 0 Å². The van der Waals surface area contributed by atoms with E-state index >= 15 is 0 Å². The Bertz CT molecular complexity index is 375. The topological polar surface area (TPSA) is 74.6 Å². The van der Waals surface area contributed by atoms with E-state index in [2.05, 4.69) is 6.58 Å². The molecule has 0 atom stereocenters. The zero-order valence-corrected chi connectivity index (χ0v) is 9.23. The molecule has 0 aliphatic carbocycles. The van der Waals surface area contributed by atoms with Gasteiger partial charge in [-0.05, 0) is 31.5 Å². The highest BCUT2D eigenvalue weighted by atomic mass is 16.4. The Labute approximate surface area is 93.8 Å². The Kier molecular flexibility index (Phi) is 5.56. The first-order valence-electron chi connectivity index (χ1n) is 4.59. The molecule has 4 nitrogen and oxygen atoms in total. The van der Waals surface area contributed by atoms with Crippen molar-refractivity contribution in [1.29, 1.82) is 0 Å². The number of carbonyl (C=O) groups is 2. The second-order valence-electron chi connectivity index (χ2n) is 3.00. The lowest BCUT2D eigenvalue weighted by atomic mass is 10.0. The third-order valence-corrected chi connectivity index (χ3v) is 1.79. The molecule has 0 aliphatic heterocycles. The van der Waals surface area contributed by atoms with Gasteiger partial charge in [0.25, 0.3) is 0 Å². The number of benzene rings is 1. The molecule has 4 heteroatoms. The lowest BCUT2D eigenvalue weighted by Gasteiger charge is -2.03. The smallest absolute Gasteiger partial charge is 0.335 e. The molecular formula is C12H14O4. The fourth-order valence-corrected chi connectivity index (χ4v) is 1.10. The van der Waals surface area contributed by atoms with E-state index in [4.69, 9.17) is 10.2 Å². The molecule has 0 unspecified atom stereocenters. The number of hydrogen-bond donors (Lipinski definition) is 2. The number of rotatable bonds is 2. The Morgan fingerprint density at radius 1 is 1.19 bits per heavy atom. The molecule has 16 heavy (non-hydrogen) atoms. The van der Waals surface area contributed by atoms with Gasteiger partial charge in [-0.3, -0.25) is 0 Å². The van der Waals surface area contributed by atoms with Gasteiger partial charge in [-0.25, -0.2) is 9.59 Å². The van der Waals surface area contributed by atoms with Crippen molar-refractivity contribution < 1.29 is 19.8 Å². The van der Waals surface area contributed by atoms with Crippen molar-refractivity contribution in [1.82, 2.24) is 0 Å². The maximum Gasteiger partial charge on any atom is 0.335 e. The van der Waals surface area contributed by atoms with Gasteiger partial charge < -0.3 is 10.2 Å². The fourth-order valence-electron chi connectivity index (χ4n) is 1.10. The predicted molar refractivity (Wildman–Crippen MR) is 61.0 cm³/mol. The Hall–Kier alpha value is -2.10.